The van der Waals surface area contributed by atoms with Crippen LogP contribution in [0.25, 0.3) is 10.9 Å². The van der Waals surface area contributed by atoms with E-state index in [1.165, 1.54) is 16.8 Å². The van der Waals surface area contributed by atoms with Crippen LogP contribution in [0.4, 0.5) is 35.2 Å². The van der Waals surface area contributed by atoms with Crippen molar-refractivity contribution in [2.45, 2.75) is 45.5 Å². The van der Waals surface area contributed by atoms with Crippen molar-refractivity contribution in [2.75, 3.05) is 42.1 Å². The average molecular weight is 572 g/mol. The predicted octanol–water partition coefficient (Wildman–Crippen LogP) is 4.64. The summed E-state index contributed by atoms with van der Waals surface area (Å²) in [6.45, 7) is 8.45. The first-order chi connectivity index (χ1) is 19.1. The number of carbonyl (C=O) groups excluding carboxylic acids is 1. The molecule has 2 aromatic heterocycles. The SMILES string of the molecule is C[C@@H](Nc1ncc(C#N)c2c1cc(N1CCN(C(=O)OC(C)(C)C)CC1)c(=O)n2C)c1cc(N)cc(C(F)(F)F)c1. The van der Waals surface area contributed by atoms with E-state index in [4.69, 9.17) is 10.5 Å². The van der Waals surface area contributed by atoms with E-state index >= 15 is 0 Å². The molecule has 10 nitrogen and oxygen atoms in total. The molecule has 41 heavy (non-hydrogen) atoms. The molecule has 1 atom stereocenters. The fourth-order valence-corrected chi connectivity index (χ4v) is 4.75. The molecule has 0 aliphatic carbocycles. The van der Waals surface area contributed by atoms with E-state index < -0.39 is 29.5 Å². The van der Waals surface area contributed by atoms with Gasteiger partial charge in [-0.2, -0.15) is 18.4 Å². The lowest BCUT2D eigenvalue weighted by Crippen LogP contribution is -2.51. The van der Waals surface area contributed by atoms with Crippen molar-refractivity contribution < 1.29 is 22.7 Å². The summed E-state index contributed by atoms with van der Waals surface area (Å²) in [5.74, 6) is 0.284. The molecule has 1 aromatic carbocycles. The van der Waals surface area contributed by atoms with Crippen molar-refractivity contribution >= 4 is 34.2 Å². The summed E-state index contributed by atoms with van der Waals surface area (Å²) in [7, 11) is 1.55. The Morgan fingerprint density at radius 2 is 1.80 bits per heavy atom. The summed E-state index contributed by atoms with van der Waals surface area (Å²) in [6.07, 6.45) is -3.68. The van der Waals surface area contributed by atoms with Gasteiger partial charge >= 0.3 is 12.3 Å². The van der Waals surface area contributed by atoms with Crippen molar-refractivity contribution in [2.24, 2.45) is 7.05 Å². The van der Waals surface area contributed by atoms with Gasteiger partial charge in [0.25, 0.3) is 5.56 Å². The number of anilines is 3. The number of rotatable bonds is 4. The number of ether oxygens (including phenoxy) is 1. The van der Waals surface area contributed by atoms with E-state index in [0.717, 1.165) is 12.1 Å². The number of piperazine rings is 1. The number of hydrogen-bond acceptors (Lipinski definition) is 8. The van der Waals surface area contributed by atoms with E-state index in [-0.39, 0.29) is 22.6 Å². The second-order valence-corrected chi connectivity index (χ2v) is 11.0. The summed E-state index contributed by atoms with van der Waals surface area (Å²) < 4.78 is 47.0. The molecule has 1 amide bonds. The molecule has 4 rings (SSSR count). The van der Waals surface area contributed by atoms with Gasteiger partial charge in [-0.3, -0.25) is 4.79 Å². The number of nitrogen functional groups attached to an aromatic ring is 1. The fraction of sp³-hybridized carbons (Fsp3) is 0.429. The van der Waals surface area contributed by atoms with Gasteiger partial charge in [0.05, 0.1) is 22.7 Å². The quantitative estimate of drug-likeness (QED) is 0.434. The molecule has 3 heterocycles. The van der Waals surface area contributed by atoms with Gasteiger partial charge < -0.3 is 30.2 Å². The first kappa shape index (κ1) is 29.5. The molecule has 1 saturated heterocycles. The number of halogens is 3. The van der Waals surface area contributed by atoms with E-state index in [1.807, 2.05) is 4.90 Å². The van der Waals surface area contributed by atoms with E-state index in [2.05, 4.69) is 16.4 Å². The number of carbonyl (C=O) groups is 1. The van der Waals surface area contributed by atoms with Crippen molar-refractivity contribution in [1.82, 2.24) is 14.5 Å². The minimum atomic E-state index is -4.57. The molecule has 218 valence electrons. The Labute approximate surface area is 235 Å². The van der Waals surface area contributed by atoms with Crippen LogP contribution in [0.1, 0.15) is 50.4 Å². The fourth-order valence-electron chi connectivity index (χ4n) is 4.75. The van der Waals surface area contributed by atoms with Crippen molar-refractivity contribution in [3.8, 4) is 6.07 Å². The lowest BCUT2D eigenvalue weighted by Gasteiger charge is -2.36. The number of benzene rings is 1. The van der Waals surface area contributed by atoms with Gasteiger partial charge in [-0.1, -0.05) is 0 Å². The van der Waals surface area contributed by atoms with Crippen molar-refractivity contribution in [3.05, 3.63) is 57.5 Å². The van der Waals surface area contributed by atoms with Gasteiger partial charge in [0.2, 0.25) is 0 Å². The number of hydrogen-bond donors (Lipinski definition) is 2. The number of nitriles is 1. The van der Waals surface area contributed by atoms with Crippen LogP contribution in [0.5, 0.6) is 0 Å². The van der Waals surface area contributed by atoms with E-state index in [9.17, 15) is 28.0 Å². The average Bonchev–Trinajstić information content (AvgIpc) is 2.89. The highest BCUT2D eigenvalue weighted by Gasteiger charge is 2.32. The number of aromatic nitrogens is 2. The van der Waals surface area contributed by atoms with Crippen LogP contribution in [0.15, 0.2) is 35.3 Å². The maximum absolute atomic E-state index is 13.4. The summed E-state index contributed by atoms with van der Waals surface area (Å²) in [4.78, 5) is 33.7. The van der Waals surface area contributed by atoms with Crippen LogP contribution >= 0.6 is 0 Å². The Balaban J connectivity index is 1.69. The van der Waals surface area contributed by atoms with Crippen LogP contribution in [-0.2, 0) is 18.0 Å². The zero-order valence-electron chi connectivity index (χ0n) is 23.5. The molecule has 13 heteroatoms. The normalized spacial score (nSPS) is 15.0. The Kier molecular flexibility index (Phi) is 7.80. The topological polar surface area (TPSA) is 130 Å². The smallest absolute Gasteiger partial charge is 0.416 e. The molecule has 3 N–H and O–H groups in total. The number of amides is 1. The molecule has 1 aliphatic heterocycles. The molecule has 0 radical (unpaired) electrons. The summed E-state index contributed by atoms with van der Waals surface area (Å²) in [6, 6.07) is 6.37. The minimum Gasteiger partial charge on any atom is -0.444 e. The third kappa shape index (κ3) is 6.32. The maximum atomic E-state index is 13.4. The van der Waals surface area contributed by atoms with Crippen LogP contribution < -0.4 is 21.5 Å². The molecule has 1 aliphatic rings. The number of alkyl halides is 3. The van der Waals surface area contributed by atoms with Crippen LogP contribution in [0.2, 0.25) is 0 Å². The zero-order chi connectivity index (χ0) is 30.3. The first-order valence-electron chi connectivity index (χ1n) is 13.0. The highest BCUT2D eigenvalue weighted by atomic mass is 19.4. The number of fused-ring (bicyclic) bond motifs is 1. The number of pyridine rings is 2. The van der Waals surface area contributed by atoms with Gasteiger partial charge in [0.1, 0.15) is 23.2 Å². The van der Waals surface area contributed by atoms with Gasteiger partial charge in [-0.25, -0.2) is 9.78 Å². The molecule has 0 spiro atoms. The van der Waals surface area contributed by atoms with Gasteiger partial charge in [-0.05, 0) is 57.5 Å². The van der Waals surface area contributed by atoms with Gasteiger partial charge in [0, 0.05) is 50.5 Å². The molecule has 0 bridgehead atoms. The van der Waals surface area contributed by atoms with Gasteiger partial charge in [-0.15, -0.1) is 0 Å². The molecular formula is C28H32F3N7O3. The third-order valence-electron chi connectivity index (χ3n) is 6.78. The second kappa shape index (κ2) is 10.8. The number of nitrogens with zero attached hydrogens (tertiary/aromatic N) is 5. The Hall–Kier alpha value is -4.47. The molecule has 1 fully saturated rings. The van der Waals surface area contributed by atoms with E-state index in [0.29, 0.717) is 48.3 Å². The lowest BCUT2D eigenvalue weighted by atomic mass is 10.0. The third-order valence-corrected chi connectivity index (χ3v) is 6.78. The lowest BCUT2D eigenvalue weighted by molar-refractivity contribution is -0.137. The number of nitrogens with two attached hydrogens (primary N) is 1. The van der Waals surface area contributed by atoms with E-state index in [1.54, 1.807) is 45.7 Å². The Morgan fingerprint density at radius 1 is 1.15 bits per heavy atom. The highest BCUT2D eigenvalue weighted by molar-refractivity contribution is 5.95. The zero-order valence-corrected chi connectivity index (χ0v) is 23.5. The number of nitrogens with one attached hydrogen (secondary N) is 1. The molecular weight excluding hydrogens is 539 g/mol. The minimum absolute atomic E-state index is 0.0312. The highest BCUT2D eigenvalue weighted by Crippen LogP contribution is 2.34. The first-order valence-corrected chi connectivity index (χ1v) is 13.0. The molecule has 0 unspecified atom stereocenters. The summed E-state index contributed by atoms with van der Waals surface area (Å²) >= 11 is 0. The number of aryl methyl sites for hydroxylation is 1. The van der Waals surface area contributed by atoms with Crippen LogP contribution in [-0.4, -0.2) is 52.3 Å². The Morgan fingerprint density at radius 3 is 2.39 bits per heavy atom. The predicted molar refractivity (Wildman–Crippen MR) is 150 cm³/mol. The maximum Gasteiger partial charge on any atom is 0.416 e. The molecule has 0 saturated carbocycles. The molecule has 3 aromatic rings. The van der Waals surface area contributed by atoms with Crippen LogP contribution in [0, 0.1) is 11.3 Å². The summed E-state index contributed by atoms with van der Waals surface area (Å²) in [5.41, 5.74) is 5.03. The largest absolute Gasteiger partial charge is 0.444 e. The van der Waals surface area contributed by atoms with Crippen molar-refractivity contribution in [1.29, 1.82) is 5.26 Å². The van der Waals surface area contributed by atoms with Crippen LogP contribution in [0.3, 0.4) is 0 Å². The Bertz CT molecular complexity index is 1580. The van der Waals surface area contributed by atoms with Crippen molar-refractivity contribution in [3.63, 3.8) is 0 Å². The van der Waals surface area contributed by atoms with Gasteiger partial charge in [0.15, 0.2) is 0 Å². The standard InChI is InChI=1S/C28H32F3N7O3/c1-16(17-10-19(28(29,30)31)12-20(33)11-17)35-24-21-13-22(25(39)36(5)23(21)18(14-32)15-34-24)37-6-8-38(9-7-37)26(40)41-27(2,3)4/h10-13,15-16H,6-9,33H2,1-5H3,(H,34,35)/t16-/m1/s1. The summed E-state index contributed by atoms with van der Waals surface area (Å²) in [5, 5.41) is 13.3. The second-order valence-electron chi connectivity index (χ2n) is 11.0. The monoisotopic (exact) mass is 571 g/mol.